The van der Waals surface area contributed by atoms with Crippen LogP contribution in [0.3, 0.4) is 0 Å². The number of piperidine rings is 1. The van der Waals surface area contributed by atoms with E-state index in [1.54, 1.807) is 26.0 Å². The molecule has 1 aliphatic rings. The van der Waals surface area contributed by atoms with Crippen LogP contribution in [0.2, 0.25) is 5.02 Å². The Labute approximate surface area is 160 Å². The van der Waals surface area contributed by atoms with Crippen LogP contribution in [0.4, 0.5) is 0 Å². The highest BCUT2D eigenvalue weighted by Crippen LogP contribution is 2.37. The second-order valence-corrected chi connectivity index (χ2v) is 9.14. The highest BCUT2D eigenvalue weighted by atomic mass is 35.5. The third-order valence-electron chi connectivity index (χ3n) is 5.19. The van der Waals surface area contributed by atoms with Crippen LogP contribution in [0.25, 0.3) is 0 Å². The molecule has 1 aliphatic heterocycles. The number of benzene rings is 2. The Hall–Kier alpha value is -1.87. The predicted molar refractivity (Wildman–Crippen MR) is 103 cm³/mol. The number of hydrogen-bond acceptors (Lipinski definition) is 3. The lowest BCUT2D eigenvalue weighted by atomic mass is 9.74. The van der Waals surface area contributed by atoms with Crippen molar-refractivity contribution in [2.24, 2.45) is 0 Å². The van der Waals surface area contributed by atoms with E-state index in [-0.39, 0.29) is 0 Å². The molecule has 0 aromatic heterocycles. The number of rotatable bonds is 3. The van der Waals surface area contributed by atoms with Crippen molar-refractivity contribution in [2.45, 2.75) is 37.0 Å². The van der Waals surface area contributed by atoms with Gasteiger partial charge < -0.3 is 0 Å². The Balaban J connectivity index is 1.88. The maximum absolute atomic E-state index is 13.1. The zero-order valence-electron chi connectivity index (χ0n) is 14.9. The van der Waals surface area contributed by atoms with E-state index in [0.717, 1.165) is 11.1 Å². The average Bonchev–Trinajstić information content (AvgIpc) is 2.65. The minimum absolute atomic E-state index is 0.295. The lowest BCUT2D eigenvalue weighted by Gasteiger charge is -2.37. The Morgan fingerprint density at radius 1 is 1.08 bits per heavy atom. The summed E-state index contributed by atoms with van der Waals surface area (Å²) >= 11 is 6.10. The summed E-state index contributed by atoms with van der Waals surface area (Å²) in [5.41, 5.74) is 1.71. The van der Waals surface area contributed by atoms with Gasteiger partial charge in [-0.3, -0.25) is 0 Å². The van der Waals surface area contributed by atoms with Gasteiger partial charge in [0.15, 0.2) is 0 Å². The molecule has 0 atom stereocenters. The number of halogens is 1. The molecule has 0 spiro atoms. The van der Waals surface area contributed by atoms with Gasteiger partial charge in [0.25, 0.3) is 0 Å². The van der Waals surface area contributed by atoms with Gasteiger partial charge in [0.1, 0.15) is 0 Å². The van der Waals surface area contributed by atoms with E-state index in [1.165, 1.54) is 4.31 Å². The van der Waals surface area contributed by atoms with E-state index < -0.39 is 15.4 Å². The fourth-order valence-corrected chi connectivity index (χ4v) is 5.45. The van der Waals surface area contributed by atoms with Crippen LogP contribution >= 0.6 is 11.6 Å². The summed E-state index contributed by atoms with van der Waals surface area (Å²) in [6, 6.07) is 15.4. The first-order valence-corrected chi connectivity index (χ1v) is 10.4. The van der Waals surface area contributed by atoms with Crippen molar-refractivity contribution in [1.29, 1.82) is 5.26 Å². The van der Waals surface area contributed by atoms with Crippen molar-refractivity contribution in [3.63, 3.8) is 0 Å². The minimum atomic E-state index is -3.61. The van der Waals surface area contributed by atoms with Gasteiger partial charge in [0.2, 0.25) is 10.0 Å². The molecule has 0 aliphatic carbocycles. The quantitative estimate of drug-likeness (QED) is 0.791. The van der Waals surface area contributed by atoms with Crippen LogP contribution in [0.5, 0.6) is 0 Å². The first kappa shape index (κ1) is 18.9. The highest BCUT2D eigenvalue weighted by molar-refractivity contribution is 7.89. The molecule has 1 heterocycles. The van der Waals surface area contributed by atoms with Crippen molar-refractivity contribution in [2.75, 3.05) is 13.1 Å². The monoisotopic (exact) mass is 388 g/mol. The van der Waals surface area contributed by atoms with Crippen LogP contribution in [-0.2, 0) is 15.4 Å². The summed E-state index contributed by atoms with van der Waals surface area (Å²) in [5, 5.41) is 10.3. The van der Waals surface area contributed by atoms with Crippen LogP contribution in [-0.4, -0.2) is 25.8 Å². The molecule has 3 rings (SSSR count). The van der Waals surface area contributed by atoms with Crippen LogP contribution in [0.15, 0.2) is 47.4 Å². The topological polar surface area (TPSA) is 61.2 Å². The lowest BCUT2D eigenvalue weighted by molar-refractivity contribution is 0.277. The third-order valence-corrected chi connectivity index (χ3v) is 7.64. The first-order valence-electron chi connectivity index (χ1n) is 8.54. The second kappa shape index (κ2) is 7.03. The van der Waals surface area contributed by atoms with Gasteiger partial charge in [-0.2, -0.15) is 9.57 Å². The number of hydrogen-bond donors (Lipinski definition) is 0. The van der Waals surface area contributed by atoms with Crippen molar-refractivity contribution in [3.05, 3.63) is 64.2 Å². The van der Waals surface area contributed by atoms with Crippen molar-refractivity contribution in [3.8, 4) is 6.07 Å². The van der Waals surface area contributed by atoms with E-state index in [1.807, 2.05) is 30.3 Å². The smallest absolute Gasteiger partial charge is 0.207 e. The normalized spacial score (nSPS) is 17.6. The Bertz CT molecular complexity index is 957. The molecule has 0 N–H and O–H groups in total. The largest absolute Gasteiger partial charge is 0.243 e. The SMILES string of the molecule is Cc1cc(S(=O)(=O)N2CCC(C#N)(c3ccccc3)CC2)c(C)cc1Cl. The number of nitrogens with zero attached hydrogens (tertiary/aromatic N) is 2. The summed E-state index contributed by atoms with van der Waals surface area (Å²) in [5.74, 6) is 0. The van der Waals surface area contributed by atoms with E-state index in [0.29, 0.717) is 41.4 Å². The van der Waals surface area contributed by atoms with Crippen LogP contribution in [0, 0.1) is 25.2 Å². The molecule has 1 saturated heterocycles. The molecular formula is C20H21ClN2O2S. The van der Waals surface area contributed by atoms with Crippen molar-refractivity contribution >= 4 is 21.6 Å². The number of aryl methyl sites for hydroxylation is 2. The van der Waals surface area contributed by atoms with E-state index in [9.17, 15) is 13.7 Å². The molecular weight excluding hydrogens is 368 g/mol. The van der Waals surface area contributed by atoms with Crippen LogP contribution < -0.4 is 0 Å². The number of sulfonamides is 1. The van der Waals surface area contributed by atoms with E-state index >= 15 is 0 Å². The molecule has 136 valence electrons. The molecule has 1 fully saturated rings. The van der Waals surface area contributed by atoms with Crippen molar-refractivity contribution < 1.29 is 8.42 Å². The first-order chi connectivity index (χ1) is 12.3. The third kappa shape index (κ3) is 3.25. The van der Waals surface area contributed by atoms with E-state index in [2.05, 4.69) is 6.07 Å². The zero-order valence-corrected chi connectivity index (χ0v) is 16.4. The van der Waals surface area contributed by atoms with Crippen LogP contribution in [0.1, 0.15) is 29.5 Å². The molecule has 0 unspecified atom stereocenters. The fourth-order valence-electron chi connectivity index (χ4n) is 3.50. The van der Waals surface area contributed by atoms with Gasteiger partial charge >= 0.3 is 0 Å². The summed E-state index contributed by atoms with van der Waals surface area (Å²) in [6.07, 6.45) is 0.969. The standard InChI is InChI=1S/C20H21ClN2O2S/c1-15-13-19(16(2)12-18(15)21)26(24,25)23-10-8-20(14-22,9-11-23)17-6-4-3-5-7-17/h3-7,12-13H,8-11H2,1-2H3. The maximum atomic E-state index is 13.1. The molecule has 2 aromatic carbocycles. The summed E-state index contributed by atoms with van der Waals surface area (Å²) in [6.45, 7) is 4.20. The number of nitriles is 1. The highest BCUT2D eigenvalue weighted by Gasteiger charge is 2.40. The van der Waals surface area contributed by atoms with Gasteiger partial charge in [-0.05, 0) is 55.5 Å². The Kier molecular flexibility index (Phi) is 5.12. The molecule has 4 nitrogen and oxygen atoms in total. The lowest BCUT2D eigenvalue weighted by Crippen LogP contribution is -2.44. The van der Waals surface area contributed by atoms with Gasteiger partial charge in [-0.15, -0.1) is 0 Å². The Morgan fingerprint density at radius 3 is 2.27 bits per heavy atom. The predicted octanol–water partition coefficient (Wildman–Crippen LogP) is 4.20. The minimum Gasteiger partial charge on any atom is -0.207 e. The molecule has 26 heavy (non-hydrogen) atoms. The average molecular weight is 389 g/mol. The van der Waals surface area contributed by atoms with Gasteiger partial charge in [0, 0.05) is 18.1 Å². The Morgan fingerprint density at radius 2 is 1.69 bits per heavy atom. The summed E-state index contributed by atoms with van der Waals surface area (Å²) in [4.78, 5) is 0.295. The summed E-state index contributed by atoms with van der Waals surface area (Å²) in [7, 11) is -3.61. The van der Waals surface area contributed by atoms with Gasteiger partial charge in [-0.1, -0.05) is 41.9 Å². The molecule has 0 radical (unpaired) electrons. The molecule has 2 aromatic rings. The summed E-state index contributed by atoms with van der Waals surface area (Å²) < 4.78 is 27.7. The van der Waals surface area contributed by atoms with E-state index in [4.69, 9.17) is 11.6 Å². The maximum Gasteiger partial charge on any atom is 0.243 e. The molecule has 6 heteroatoms. The second-order valence-electron chi connectivity index (χ2n) is 6.83. The van der Waals surface area contributed by atoms with Crippen molar-refractivity contribution in [1.82, 2.24) is 4.31 Å². The molecule has 0 bridgehead atoms. The molecule has 0 amide bonds. The van der Waals surface area contributed by atoms with Gasteiger partial charge in [-0.25, -0.2) is 8.42 Å². The fraction of sp³-hybridized carbons (Fsp3) is 0.350. The van der Waals surface area contributed by atoms with Gasteiger partial charge in [0.05, 0.1) is 16.4 Å². The molecule has 0 saturated carbocycles. The zero-order chi connectivity index (χ0) is 18.9.